The van der Waals surface area contributed by atoms with Gasteiger partial charge in [-0.2, -0.15) is 0 Å². The van der Waals surface area contributed by atoms with E-state index in [0.717, 1.165) is 15.6 Å². The van der Waals surface area contributed by atoms with E-state index in [-0.39, 0.29) is 12.5 Å². The van der Waals surface area contributed by atoms with Crippen LogP contribution < -0.4 is 5.73 Å². The normalized spacial score (nSPS) is 10.9. The lowest BCUT2D eigenvalue weighted by molar-refractivity contribution is 0.145. The number of carbonyl (C=O) groups is 1. The van der Waals surface area contributed by atoms with Crippen LogP contribution in [0.2, 0.25) is 0 Å². The van der Waals surface area contributed by atoms with Crippen molar-refractivity contribution in [2.75, 3.05) is 0 Å². The summed E-state index contributed by atoms with van der Waals surface area (Å²) in [5.74, 6) is 0.918. The van der Waals surface area contributed by atoms with Gasteiger partial charge in [-0.15, -0.1) is 6.58 Å². The molecule has 5 nitrogen and oxygen atoms in total. The molecule has 2 N–H and O–H groups in total. The molecule has 1 aromatic carbocycles. The van der Waals surface area contributed by atoms with Crippen molar-refractivity contribution in [3.8, 4) is 0 Å². The number of primary amides is 1. The van der Waals surface area contributed by atoms with Crippen LogP contribution in [0.4, 0.5) is 4.79 Å². The number of hydrogen-bond acceptors (Lipinski definition) is 4. The number of ether oxygens (including phenoxy) is 1. The van der Waals surface area contributed by atoms with E-state index < -0.39 is 6.09 Å². The highest BCUT2D eigenvalue weighted by atomic mass is 32.2. The van der Waals surface area contributed by atoms with Crippen molar-refractivity contribution in [1.82, 2.24) is 9.55 Å². The summed E-state index contributed by atoms with van der Waals surface area (Å²) in [6, 6.07) is 6.47. The second-order valence-electron chi connectivity index (χ2n) is 6.31. The molecule has 134 valence electrons. The highest BCUT2D eigenvalue weighted by molar-refractivity contribution is 7.99. The molecule has 1 amide bonds. The van der Waals surface area contributed by atoms with E-state index in [1.165, 1.54) is 11.1 Å². The first-order valence-electron chi connectivity index (χ1n) is 8.20. The van der Waals surface area contributed by atoms with Crippen LogP contribution >= 0.6 is 11.8 Å². The van der Waals surface area contributed by atoms with Crippen molar-refractivity contribution in [2.24, 2.45) is 5.73 Å². The number of nitrogens with two attached hydrogens (primary N) is 1. The Balaban J connectivity index is 2.48. The number of carbonyl (C=O) groups excluding carboxylic acids is 1. The summed E-state index contributed by atoms with van der Waals surface area (Å²) in [7, 11) is 0. The van der Waals surface area contributed by atoms with Crippen molar-refractivity contribution in [3.05, 3.63) is 53.5 Å². The van der Waals surface area contributed by atoms with Gasteiger partial charge in [0, 0.05) is 11.4 Å². The molecule has 0 aliphatic carbocycles. The fraction of sp³-hybridized carbons (Fsp3) is 0.368. The van der Waals surface area contributed by atoms with Crippen LogP contribution in [-0.4, -0.2) is 15.6 Å². The van der Waals surface area contributed by atoms with Gasteiger partial charge in [0.05, 0.1) is 5.69 Å². The lowest BCUT2D eigenvalue weighted by Crippen LogP contribution is -2.15. The lowest BCUT2D eigenvalue weighted by Gasteiger charge is -2.12. The zero-order valence-electron chi connectivity index (χ0n) is 15.2. The Labute approximate surface area is 153 Å². The summed E-state index contributed by atoms with van der Waals surface area (Å²) in [6.07, 6.45) is 1.01. The second kappa shape index (κ2) is 8.25. The molecule has 0 atom stereocenters. The third-order valence-corrected chi connectivity index (χ3v) is 4.73. The monoisotopic (exact) mass is 359 g/mol. The van der Waals surface area contributed by atoms with Gasteiger partial charge >= 0.3 is 6.09 Å². The molecule has 0 spiro atoms. The Morgan fingerprint density at radius 2 is 2.00 bits per heavy atom. The number of aromatic nitrogens is 2. The summed E-state index contributed by atoms with van der Waals surface area (Å²) in [5, 5.41) is 1.04. The van der Waals surface area contributed by atoms with E-state index in [1.807, 2.05) is 10.6 Å². The molecule has 0 radical (unpaired) electrons. The van der Waals surface area contributed by atoms with Gasteiger partial charge in [0.15, 0.2) is 6.61 Å². The summed E-state index contributed by atoms with van der Waals surface area (Å²) >= 11 is 1.67. The molecular formula is C19H25N3O2S. The van der Waals surface area contributed by atoms with Crippen molar-refractivity contribution in [2.45, 2.75) is 56.7 Å². The smallest absolute Gasteiger partial charge is 0.404 e. The summed E-state index contributed by atoms with van der Waals surface area (Å²) in [4.78, 5) is 16.8. The van der Waals surface area contributed by atoms with Gasteiger partial charge in [-0.1, -0.05) is 37.8 Å². The largest absolute Gasteiger partial charge is 0.442 e. The minimum Gasteiger partial charge on any atom is -0.442 e. The lowest BCUT2D eigenvalue weighted by atomic mass is 10.1. The zero-order valence-corrected chi connectivity index (χ0v) is 16.0. The maximum atomic E-state index is 11.0. The third-order valence-electron chi connectivity index (χ3n) is 3.64. The Bertz CT molecular complexity index is 761. The first-order valence-corrected chi connectivity index (χ1v) is 9.02. The maximum Gasteiger partial charge on any atom is 0.404 e. The van der Waals surface area contributed by atoms with Gasteiger partial charge in [0.25, 0.3) is 0 Å². The van der Waals surface area contributed by atoms with Gasteiger partial charge in [-0.25, -0.2) is 9.78 Å². The van der Waals surface area contributed by atoms with E-state index in [9.17, 15) is 4.79 Å². The molecule has 0 unspecified atom stereocenters. The van der Waals surface area contributed by atoms with Crippen molar-refractivity contribution < 1.29 is 9.53 Å². The number of allylic oxidation sites excluding steroid dienone is 1. The highest BCUT2D eigenvalue weighted by Gasteiger charge is 2.20. The fourth-order valence-corrected chi connectivity index (χ4v) is 4.04. The predicted octanol–water partition coefficient (Wildman–Crippen LogP) is 4.56. The number of hydrogen-bond donors (Lipinski definition) is 1. The summed E-state index contributed by atoms with van der Waals surface area (Å²) in [6.45, 7) is 12.9. The van der Waals surface area contributed by atoms with Crippen LogP contribution in [0.5, 0.6) is 0 Å². The topological polar surface area (TPSA) is 70.1 Å². The number of benzene rings is 1. The van der Waals surface area contributed by atoms with Crippen LogP contribution in [0.3, 0.4) is 0 Å². The second-order valence-corrected chi connectivity index (χ2v) is 7.37. The molecule has 0 saturated carbocycles. The van der Waals surface area contributed by atoms with E-state index in [0.29, 0.717) is 12.4 Å². The van der Waals surface area contributed by atoms with Crippen LogP contribution in [-0.2, 0) is 17.9 Å². The fourth-order valence-electron chi connectivity index (χ4n) is 2.65. The molecule has 0 bridgehead atoms. The number of imidazole rings is 1. The van der Waals surface area contributed by atoms with Crippen LogP contribution in [0.15, 0.2) is 40.8 Å². The van der Waals surface area contributed by atoms with Gasteiger partial charge in [-0.3, -0.25) is 0 Å². The van der Waals surface area contributed by atoms with Crippen LogP contribution in [0, 0.1) is 13.8 Å². The molecular weight excluding hydrogens is 334 g/mol. The number of amides is 1. The Morgan fingerprint density at radius 3 is 2.52 bits per heavy atom. The average Bonchev–Trinajstić information content (AvgIpc) is 2.83. The maximum absolute atomic E-state index is 11.0. The molecule has 2 aromatic rings. The van der Waals surface area contributed by atoms with Gasteiger partial charge < -0.3 is 15.0 Å². The van der Waals surface area contributed by atoms with Gasteiger partial charge in [-0.05, 0) is 43.0 Å². The Hall–Kier alpha value is -2.21. The molecule has 0 fully saturated rings. The molecule has 0 aliphatic heterocycles. The molecule has 0 aliphatic rings. The third kappa shape index (κ3) is 4.89. The zero-order chi connectivity index (χ0) is 18.6. The van der Waals surface area contributed by atoms with E-state index in [2.05, 4.69) is 52.5 Å². The SMILES string of the molecule is C=CCn1c(COC(N)=O)nc(C(C)C)c1Sc1cc(C)cc(C)c1. The molecule has 2 rings (SSSR count). The molecule has 6 heteroatoms. The van der Waals surface area contributed by atoms with Crippen LogP contribution in [0.1, 0.15) is 42.4 Å². The number of nitrogens with zero attached hydrogens (tertiary/aromatic N) is 2. The number of rotatable bonds is 7. The van der Waals surface area contributed by atoms with E-state index >= 15 is 0 Å². The summed E-state index contributed by atoms with van der Waals surface area (Å²) < 4.78 is 7.00. The molecule has 25 heavy (non-hydrogen) atoms. The van der Waals surface area contributed by atoms with Gasteiger partial charge in [0.2, 0.25) is 0 Å². The summed E-state index contributed by atoms with van der Waals surface area (Å²) in [5.41, 5.74) is 8.53. The minimum absolute atomic E-state index is 0.0519. The predicted molar refractivity (Wildman–Crippen MR) is 101 cm³/mol. The van der Waals surface area contributed by atoms with Crippen molar-refractivity contribution in [1.29, 1.82) is 0 Å². The Morgan fingerprint density at radius 1 is 1.36 bits per heavy atom. The molecule has 1 heterocycles. The van der Waals surface area contributed by atoms with Crippen LogP contribution in [0.25, 0.3) is 0 Å². The minimum atomic E-state index is -0.803. The van der Waals surface area contributed by atoms with Crippen molar-refractivity contribution >= 4 is 17.9 Å². The molecule has 0 saturated heterocycles. The van der Waals surface area contributed by atoms with Crippen molar-refractivity contribution in [3.63, 3.8) is 0 Å². The van der Waals surface area contributed by atoms with Gasteiger partial charge in [0.1, 0.15) is 10.9 Å². The Kier molecular flexibility index (Phi) is 6.31. The molecule has 1 aromatic heterocycles. The van der Waals surface area contributed by atoms with E-state index in [4.69, 9.17) is 15.5 Å². The average molecular weight is 359 g/mol. The first kappa shape index (κ1) is 19.1. The quantitative estimate of drug-likeness (QED) is 0.736. The highest BCUT2D eigenvalue weighted by Crippen LogP contribution is 2.36. The van der Waals surface area contributed by atoms with E-state index in [1.54, 1.807) is 11.8 Å². The number of aryl methyl sites for hydroxylation is 2. The first-order chi connectivity index (χ1) is 11.8. The standard InChI is InChI=1S/C19H25N3O2S/c1-6-7-22-16(11-24-19(20)23)21-17(12(2)3)18(22)25-15-9-13(4)8-14(5)10-15/h6,8-10,12H,1,7,11H2,2-5H3,(H2,20,23).